The lowest BCUT2D eigenvalue weighted by molar-refractivity contribution is -0.119. The molecule has 0 aliphatic carbocycles. The van der Waals surface area contributed by atoms with Crippen LogP contribution in [0.3, 0.4) is 0 Å². The van der Waals surface area contributed by atoms with Gasteiger partial charge in [0.05, 0.1) is 7.11 Å². The van der Waals surface area contributed by atoms with Gasteiger partial charge in [0.1, 0.15) is 18.0 Å². The van der Waals surface area contributed by atoms with Crippen LogP contribution < -0.4 is 10.1 Å². The molecule has 0 saturated heterocycles. The second-order valence-electron chi connectivity index (χ2n) is 4.46. The molecule has 1 aromatic carbocycles. The maximum Gasteiger partial charge on any atom is 0.216 e. The molecule has 0 aliphatic rings. The molecule has 0 radical (unpaired) electrons. The highest BCUT2D eigenvalue weighted by Crippen LogP contribution is 2.28. The van der Waals surface area contributed by atoms with E-state index in [0.717, 1.165) is 0 Å². The predicted molar refractivity (Wildman–Crippen MR) is 72.6 cm³/mol. The summed E-state index contributed by atoms with van der Waals surface area (Å²) in [4.78, 5) is 22.2. The van der Waals surface area contributed by atoms with E-state index in [9.17, 15) is 19.8 Å². The molecule has 0 aromatic heterocycles. The zero-order chi connectivity index (χ0) is 15.3. The first-order valence-electron chi connectivity index (χ1n) is 6.16. The molecule has 2 atom stereocenters. The van der Waals surface area contributed by atoms with Crippen LogP contribution in [0.5, 0.6) is 5.75 Å². The number of aliphatic hydroxyl groups excluding tert-OH is 2. The van der Waals surface area contributed by atoms with E-state index in [-0.39, 0.29) is 18.2 Å². The highest BCUT2D eigenvalue weighted by atomic mass is 16.5. The van der Waals surface area contributed by atoms with Gasteiger partial charge in [-0.25, -0.2) is 0 Å². The van der Waals surface area contributed by atoms with Crippen molar-refractivity contribution in [3.63, 3.8) is 0 Å². The summed E-state index contributed by atoms with van der Waals surface area (Å²) in [6.45, 7) is 2.63. The van der Waals surface area contributed by atoms with Gasteiger partial charge in [-0.1, -0.05) is 0 Å². The standard InChI is InChI=1S/C14H19NO5/c1-8(16)10-4-5-13(20-3)11(6-10)14(19)12(18)7-15-9(2)17/h4-6,12,14,18-19H,7H2,1-3H3,(H,15,17). The Labute approximate surface area is 117 Å². The Balaban J connectivity index is 2.99. The van der Waals surface area contributed by atoms with Gasteiger partial charge in [-0.3, -0.25) is 9.59 Å². The van der Waals surface area contributed by atoms with Gasteiger partial charge in [-0.2, -0.15) is 0 Å². The third-order valence-corrected chi connectivity index (χ3v) is 2.88. The van der Waals surface area contributed by atoms with Crippen LogP contribution in [0.15, 0.2) is 18.2 Å². The molecule has 0 heterocycles. The van der Waals surface area contributed by atoms with Crippen LogP contribution in [0.4, 0.5) is 0 Å². The largest absolute Gasteiger partial charge is 0.496 e. The maximum atomic E-state index is 11.4. The summed E-state index contributed by atoms with van der Waals surface area (Å²) >= 11 is 0. The lowest BCUT2D eigenvalue weighted by Gasteiger charge is -2.21. The quantitative estimate of drug-likeness (QED) is 0.657. The van der Waals surface area contributed by atoms with Crippen molar-refractivity contribution in [1.29, 1.82) is 0 Å². The van der Waals surface area contributed by atoms with Crippen molar-refractivity contribution in [3.8, 4) is 5.75 Å². The van der Waals surface area contributed by atoms with Crippen LogP contribution in [0.25, 0.3) is 0 Å². The van der Waals surface area contributed by atoms with E-state index in [1.165, 1.54) is 27.0 Å². The van der Waals surface area contributed by atoms with Crippen LogP contribution in [0.1, 0.15) is 35.9 Å². The summed E-state index contributed by atoms with van der Waals surface area (Å²) in [5, 5.41) is 22.4. The van der Waals surface area contributed by atoms with Crippen molar-refractivity contribution in [2.75, 3.05) is 13.7 Å². The van der Waals surface area contributed by atoms with E-state index in [0.29, 0.717) is 16.9 Å². The van der Waals surface area contributed by atoms with E-state index in [4.69, 9.17) is 4.74 Å². The first kappa shape index (κ1) is 16.1. The lowest BCUT2D eigenvalue weighted by Crippen LogP contribution is -2.34. The van der Waals surface area contributed by atoms with E-state index in [2.05, 4.69) is 5.32 Å². The van der Waals surface area contributed by atoms with Gasteiger partial charge < -0.3 is 20.3 Å². The maximum absolute atomic E-state index is 11.4. The Morgan fingerprint density at radius 1 is 1.30 bits per heavy atom. The fourth-order valence-corrected chi connectivity index (χ4v) is 1.75. The Morgan fingerprint density at radius 2 is 1.95 bits per heavy atom. The molecule has 0 aliphatic heterocycles. The van der Waals surface area contributed by atoms with Gasteiger partial charge in [-0.05, 0) is 25.1 Å². The number of amides is 1. The summed E-state index contributed by atoms with van der Waals surface area (Å²) < 4.78 is 5.11. The van der Waals surface area contributed by atoms with E-state index in [1.54, 1.807) is 12.1 Å². The molecule has 6 nitrogen and oxygen atoms in total. The number of ketones is 1. The van der Waals surface area contributed by atoms with Crippen LogP contribution in [0.2, 0.25) is 0 Å². The molecule has 2 unspecified atom stereocenters. The number of methoxy groups -OCH3 is 1. The van der Waals surface area contributed by atoms with Crippen molar-refractivity contribution in [2.24, 2.45) is 0 Å². The molecule has 1 aromatic rings. The first-order chi connectivity index (χ1) is 9.36. The van der Waals surface area contributed by atoms with Crippen molar-refractivity contribution < 1.29 is 24.5 Å². The third kappa shape index (κ3) is 4.04. The highest BCUT2D eigenvalue weighted by molar-refractivity contribution is 5.94. The number of ether oxygens (including phenoxy) is 1. The molecule has 20 heavy (non-hydrogen) atoms. The molecule has 1 amide bonds. The van der Waals surface area contributed by atoms with Crippen molar-refractivity contribution in [2.45, 2.75) is 26.1 Å². The van der Waals surface area contributed by atoms with Crippen molar-refractivity contribution >= 4 is 11.7 Å². The van der Waals surface area contributed by atoms with Gasteiger partial charge in [0.25, 0.3) is 0 Å². The Kier molecular flexibility index (Phi) is 5.66. The molecule has 0 bridgehead atoms. The molecule has 110 valence electrons. The monoisotopic (exact) mass is 281 g/mol. The third-order valence-electron chi connectivity index (χ3n) is 2.88. The van der Waals surface area contributed by atoms with Crippen molar-refractivity contribution in [3.05, 3.63) is 29.3 Å². The Hall–Kier alpha value is -1.92. The molecule has 0 spiro atoms. The topological polar surface area (TPSA) is 95.9 Å². The van der Waals surface area contributed by atoms with E-state index < -0.39 is 12.2 Å². The predicted octanol–water partition coefficient (Wildman–Crippen LogP) is 0.428. The number of benzene rings is 1. The minimum atomic E-state index is -1.27. The van der Waals surface area contributed by atoms with E-state index >= 15 is 0 Å². The van der Waals surface area contributed by atoms with Gasteiger partial charge >= 0.3 is 0 Å². The summed E-state index contributed by atoms with van der Waals surface area (Å²) in [5.74, 6) is -0.0949. The molecule has 0 saturated carbocycles. The number of hydrogen-bond donors (Lipinski definition) is 3. The smallest absolute Gasteiger partial charge is 0.216 e. The molecular weight excluding hydrogens is 262 g/mol. The van der Waals surface area contributed by atoms with Gasteiger partial charge in [-0.15, -0.1) is 0 Å². The number of nitrogens with one attached hydrogen (secondary N) is 1. The average Bonchev–Trinajstić information content (AvgIpc) is 2.42. The van der Waals surface area contributed by atoms with Crippen LogP contribution in [-0.2, 0) is 4.79 Å². The first-order valence-corrected chi connectivity index (χ1v) is 6.16. The zero-order valence-electron chi connectivity index (χ0n) is 11.7. The SMILES string of the molecule is COc1ccc(C(C)=O)cc1C(O)C(O)CNC(C)=O. The lowest BCUT2D eigenvalue weighted by atomic mass is 9.99. The second-order valence-corrected chi connectivity index (χ2v) is 4.46. The summed E-state index contributed by atoms with van der Waals surface area (Å²) in [7, 11) is 1.43. The Bertz CT molecular complexity index is 500. The number of carbonyl (C=O) groups excluding carboxylic acids is 2. The van der Waals surface area contributed by atoms with Crippen LogP contribution >= 0.6 is 0 Å². The van der Waals surface area contributed by atoms with Crippen LogP contribution in [-0.4, -0.2) is 41.7 Å². The fourth-order valence-electron chi connectivity index (χ4n) is 1.75. The van der Waals surface area contributed by atoms with Crippen molar-refractivity contribution in [1.82, 2.24) is 5.32 Å². The normalized spacial score (nSPS) is 13.4. The molecule has 3 N–H and O–H groups in total. The summed E-state index contributed by atoms with van der Waals surface area (Å²) in [6.07, 6.45) is -2.47. The van der Waals surface area contributed by atoms with Gasteiger partial charge in [0, 0.05) is 24.6 Å². The minimum absolute atomic E-state index is 0.0933. The molecular formula is C14H19NO5. The van der Waals surface area contributed by atoms with Crippen LogP contribution in [0, 0.1) is 0 Å². The zero-order valence-corrected chi connectivity index (χ0v) is 11.7. The molecule has 1 rings (SSSR count). The minimum Gasteiger partial charge on any atom is -0.496 e. The number of Topliss-reactive ketones (excluding diaryl/α,β-unsaturated/α-hetero) is 1. The summed E-state index contributed by atoms with van der Waals surface area (Å²) in [6, 6.07) is 4.61. The van der Waals surface area contributed by atoms with E-state index in [1.807, 2.05) is 0 Å². The number of carbonyl (C=O) groups is 2. The average molecular weight is 281 g/mol. The van der Waals surface area contributed by atoms with Gasteiger partial charge in [0.2, 0.25) is 5.91 Å². The second kappa shape index (κ2) is 7.02. The summed E-state index contributed by atoms with van der Waals surface area (Å²) in [5.41, 5.74) is 0.713. The number of rotatable bonds is 6. The Morgan fingerprint density at radius 3 is 2.45 bits per heavy atom. The highest BCUT2D eigenvalue weighted by Gasteiger charge is 2.23. The molecule has 6 heteroatoms. The fraction of sp³-hybridized carbons (Fsp3) is 0.429. The number of hydrogen-bond acceptors (Lipinski definition) is 5. The van der Waals surface area contributed by atoms with Gasteiger partial charge in [0.15, 0.2) is 5.78 Å². The molecule has 0 fully saturated rings. The number of aliphatic hydroxyl groups is 2.